The molecular weight excluding hydrogens is 1160 g/mol. The number of hydrogen-bond acceptors (Lipinski definition) is 14. The number of fused-ring (bicyclic) bond motifs is 6. The van der Waals surface area contributed by atoms with Gasteiger partial charge in [-0.2, -0.15) is 26.3 Å². The van der Waals surface area contributed by atoms with Gasteiger partial charge >= 0.3 is 12.4 Å². The van der Waals surface area contributed by atoms with Gasteiger partial charge in [0.1, 0.15) is 74.3 Å². The van der Waals surface area contributed by atoms with E-state index >= 15 is 8.78 Å². The average molecular weight is 1210 g/mol. The van der Waals surface area contributed by atoms with E-state index in [0.29, 0.717) is 101 Å². The summed E-state index contributed by atoms with van der Waals surface area (Å²) in [5, 5.41) is 0.0600. The van der Waals surface area contributed by atoms with E-state index in [1.165, 1.54) is 48.8 Å². The summed E-state index contributed by atoms with van der Waals surface area (Å²) in [6.07, 6.45) is -7.37. The predicted molar refractivity (Wildman–Crippen MR) is 291 cm³/mol. The number of halogens is 10. The first-order valence-electron chi connectivity index (χ1n) is 25.6. The number of benzene rings is 6. The van der Waals surface area contributed by atoms with Crippen molar-refractivity contribution in [2.24, 2.45) is 0 Å². The fourth-order valence-corrected chi connectivity index (χ4v) is 9.39. The van der Waals surface area contributed by atoms with E-state index < -0.39 is 56.7 Å². The van der Waals surface area contributed by atoms with Crippen LogP contribution in [0.1, 0.15) is 33.4 Å². The fraction of sp³-hybridized carbons (Fsp3) is 0.267. The van der Waals surface area contributed by atoms with Crippen LogP contribution in [-0.4, -0.2) is 88.6 Å². The highest BCUT2D eigenvalue weighted by Crippen LogP contribution is 2.50. The van der Waals surface area contributed by atoms with E-state index in [1.807, 2.05) is 0 Å². The van der Waals surface area contributed by atoms with Gasteiger partial charge in [-0.15, -0.1) is 0 Å². The molecule has 0 radical (unpaired) electrons. The summed E-state index contributed by atoms with van der Waals surface area (Å²) in [5.74, 6) is 0.685. The van der Waals surface area contributed by atoms with Gasteiger partial charge in [-0.1, -0.05) is 47.5 Å². The molecule has 8 aromatic rings. The van der Waals surface area contributed by atoms with Crippen molar-refractivity contribution in [2.75, 3.05) is 67.1 Å². The molecule has 0 aliphatic carbocycles. The molecule has 0 amide bonds. The van der Waals surface area contributed by atoms with Crippen molar-refractivity contribution < 1.29 is 92.1 Å². The summed E-state index contributed by atoms with van der Waals surface area (Å²) < 4.78 is 166. The molecule has 4 heterocycles. The summed E-state index contributed by atoms with van der Waals surface area (Å²) in [5.41, 5.74) is -0.375. The maximum atomic E-state index is 15.1. The van der Waals surface area contributed by atoms with Crippen molar-refractivity contribution >= 4 is 56.6 Å². The molecule has 2 aliphatic heterocycles. The predicted octanol–water partition coefficient (Wildman–Crippen LogP) is 14.0. The smallest absolute Gasteiger partial charge is 0.417 e. The van der Waals surface area contributed by atoms with Gasteiger partial charge in [0.2, 0.25) is 11.5 Å². The van der Waals surface area contributed by atoms with Gasteiger partial charge in [0.25, 0.3) is 0 Å². The number of ether oxygens (including phenoxy) is 10. The number of carbonyl (C=O) groups excluding carboxylic acids is 2. The van der Waals surface area contributed by atoms with Crippen molar-refractivity contribution in [3.8, 4) is 57.5 Å². The molecule has 0 atom stereocenters. The van der Waals surface area contributed by atoms with E-state index in [-0.39, 0.29) is 79.4 Å². The second-order valence-corrected chi connectivity index (χ2v) is 19.5. The molecule has 0 bridgehead atoms. The van der Waals surface area contributed by atoms with Crippen LogP contribution in [0.4, 0.5) is 35.1 Å². The lowest BCUT2D eigenvalue weighted by Gasteiger charge is -2.23. The zero-order chi connectivity index (χ0) is 59.7. The lowest BCUT2D eigenvalue weighted by Crippen LogP contribution is -2.17. The van der Waals surface area contributed by atoms with Gasteiger partial charge in [0.15, 0.2) is 34.6 Å². The molecule has 2 aliphatic rings. The van der Waals surface area contributed by atoms with E-state index in [0.717, 1.165) is 36.4 Å². The summed E-state index contributed by atoms with van der Waals surface area (Å²) in [4.78, 5) is 34.0. The van der Waals surface area contributed by atoms with Gasteiger partial charge < -0.3 is 47.4 Å². The Balaban J connectivity index is 0.000000202. The van der Waals surface area contributed by atoms with E-state index in [1.54, 1.807) is 38.5 Å². The molecule has 0 saturated heterocycles. The summed E-state index contributed by atoms with van der Waals surface area (Å²) in [7, 11) is 3.12. The van der Waals surface area contributed by atoms with Gasteiger partial charge in [-0.25, -0.2) is 8.78 Å². The highest BCUT2D eigenvalue weighted by molar-refractivity contribution is 6.31. The number of Topliss-reactive ketones (excluding diaryl/α,β-unsaturated/α-hetero) is 2. The highest BCUT2D eigenvalue weighted by Gasteiger charge is 2.35. The number of methoxy groups -OCH3 is 2. The van der Waals surface area contributed by atoms with E-state index in [4.69, 9.17) is 70.6 Å². The topological polar surface area (TPSA) is 152 Å². The number of carbonyl (C=O) groups is 2. The molecule has 0 unspecified atom stereocenters. The lowest BCUT2D eigenvalue weighted by molar-refractivity contribution is -0.138. The van der Waals surface area contributed by atoms with E-state index in [2.05, 4.69) is 9.97 Å². The zero-order valence-electron chi connectivity index (χ0n) is 44.5. The zero-order valence-corrected chi connectivity index (χ0v) is 46.0. The van der Waals surface area contributed by atoms with Gasteiger partial charge in [-0.3, -0.25) is 19.6 Å². The van der Waals surface area contributed by atoms with Crippen LogP contribution in [0.15, 0.2) is 109 Å². The van der Waals surface area contributed by atoms with Crippen LogP contribution in [0.3, 0.4) is 0 Å². The molecule has 0 N–H and O–H groups in total. The van der Waals surface area contributed by atoms with Crippen LogP contribution in [-0.2, 0) is 57.1 Å². The Bertz CT molecular complexity index is 3740. The highest BCUT2D eigenvalue weighted by atomic mass is 35.5. The molecule has 6 aromatic carbocycles. The first-order valence-corrected chi connectivity index (χ1v) is 26.4. The van der Waals surface area contributed by atoms with Gasteiger partial charge in [0.05, 0.1) is 56.2 Å². The summed E-state index contributed by atoms with van der Waals surface area (Å²) >= 11 is 11.3. The largest absolute Gasteiger partial charge is 0.487 e. The molecule has 24 heteroatoms. The quantitative estimate of drug-likeness (QED) is 0.0525. The van der Waals surface area contributed by atoms with Crippen LogP contribution in [0.5, 0.6) is 57.5 Å². The number of rotatable bonds is 20. The Kier molecular flexibility index (Phi) is 19.1. The third kappa shape index (κ3) is 14.6. The molecule has 0 spiro atoms. The normalized spacial score (nSPS) is 12.8. The SMILES string of the molecule is COCCOc1cc2nccc(Oc3ccc(CC(=O)Cc4ccc(Cl)c(C(F)(F)F)c4)c(F)c3)c2c2c1OCCO2.COCCOc1cc2nccc(Oc3ccc(CC(=O)Cc4ccc(Cl)c(C(F)(F)F)c4)cc3F)c2c2c1OCCO2. The van der Waals surface area contributed by atoms with Crippen molar-refractivity contribution in [3.63, 3.8) is 0 Å². The van der Waals surface area contributed by atoms with E-state index in [9.17, 15) is 35.9 Å². The average Bonchev–Trinajstić information content (AvgIpc) is 1.40. The number of pyridine rings is 2. The Labute approximate surface area is 483 Å². The third-order valence-corrected chi connectivity index (χ3v) is 13.4. The molecule has 14 nitrogen and oxygen atoms in total. The minimum absolute atomic E-state index is 0.0731. The maximum Gasteiger partial charge on any atom is 0.417 e. The van der Waals surface area contributed by atoms with Crippen molar-refractivity contribution in [2.45, 2.75) is 38.0 Å². The van der Waals surface area contributed by atoms with Gasteiger partial charge in [0, 0.05) is 70.5 Å². The molecule has 0 fully saturated rings. The number of ketones is 2. The van der Waals surface area contributed by atoms with Crippen molar-refractivity contribution in [3.05, 3.63) is 165 Å². The van der Waals surface area contributed by atoms with Crippen LogP contribution in [0.2, 0.25) is 10.0 Å². The first kappa shape index (κ1) is 60.4. The minimum Gasteiger partial charge on any atom is -0.487 e. The number of nitrogens with zero attached hydrogens (tertiary/aromatic N) is 2. The second kappa shape index (κ2) is 26.6. The Morgan fingerprint density at radius 1 is 0.488 bits per heavy atom. The van der Waals surface area contributed by atoms with Crippen LogP contribution < -0.4 is 37.9 Å². The Morgan fingerprint density at radius 3 is 1.40 bits per heavy atom. The monoisotopic (exact) mass is 1210 g/mol. The second-order valence-electron chi connectivity index (χ2n) is 18.7. The minimum atomic E-state index is -4.66. The third-order valence-electron chi connectivity index (χ3n) is 12.7. The van der Waals surface area contributed by atoms with Crippen LogP contribution in [0, 0.1) is 11.6 Å². The fourth-order valence-electron chi connectivity index (χ4n) is 8.94. The van der Waals surface area contributed by atoms with Crippen molar-refractivity contribution in [1.82, 2.24) is 9.97 Å². The molecule has 2 aromatic heterocycles. The van der Waals surface area contributed by atoms with Gasteiger partial charge in [-0.05, 0) is 76.9 Å². The molecule has 84 heavy (non-hydrogen) atoms. The Hall–Kier alpha value is -8.18. The molecule has 440 valence electrons. The summed E-state index contributed by atoms with van der Waals surface area (Å²) in [6, 6.07) is 21.1. The summed E-state index contributed by atoms with van der Waals surface area (Å²) in [6.45, 7) is 2.52. The number of aromatic nitrogens is 2. The molecule has 10 rings (SSSR count). The number of hydrogen-bond donors (Lipinski definition) is 0. The van der Waals surface area contributed by atoms with Crippen LogP contribution >= 0.6 is 23.2 Å². The Morgan fingerprint density at radius 2 is 0.940 bits per heavy atom. The van der Waals surface area contributed by atoms with Crippen molar-refractivity contribution in [1.29, 1.82) is 0 Å². The van der Waals surface area contributed by atoms with Crippen LogP contribution in [0.25, 0.3) is 21.8 Å². The number of alkyl halides is 6. The standard InChI is InChI=1S/2C30H24ClF4NO6/c1-38-8-9-39-26-16-24-27(29-28(26)40-10-11-41-29)25(6-7-36-24)42-20-4-3-18(23(32)15-20)14-19(37)12-17-2-5-22(31)21(13-17)30(33,34)35;1-38-8-9-39-26-16-23-27(29-28(26)40-10-11-41-29)25(6-7-36-23)42-24-5-3-18(15-22(24)32)13-19(37)12-17-2-4-21(31)20(14-17)30(33,34)35/h2-7,13,15-16H,8-12,14H2,1H3;2-7,14-16H,8-13H2,1H3. The molecular formula is C60H48Cl2F8N2O12. The first-order chi connectivity index (χ1) is 40.3. The lowest BCUT2D eigenvalue weighted by atomic mass is 10.0. The maximum absolute atomic E-state index is 15.1. The molecule has 0 saturated carbocycles.